The molecular weight excluding hydrogens is 324 g/mol. The number of H-pyrrole nitrogens is 1. The Labute approximate surface area is 142 Å². The second kappa shape index (κ2) is 6.91. The van der Waals surface area contributed by atoms with Crippen LogP contribution in [0.5, 0.6) is 11.5 Å². The summed E-state index contributed by atoms with van der Waals surface area (Å²) in [6.07, 6.45) is 1.56. The lowest BCUT2D eigenvalue weighted by molar-refractivity contribution is 0.0927. The first-order valence-electron chi connectivity index (χ1n) is 7.55. The van der Waals surface area contributed by atoms with Crippen molar-refractivity contribution in [1.29, 1.82) is 0 Å². The summed E-state index contributed by atoms with van der Waals surface area (Å²) in [7, 11) is 0. The molecule has 3 rings (SSSR count). The van der Waals surface area contributed by atoms with Crippen molar-refractivity contribution < 1.29 is 19.8 Å². The fourth-order valence-electron chi connectivity index (χ4n) is 2.36. The second-order valence-electron chi connectivity index (χ2n) is 5.38. The highest BCUT2D eigenvalue weighted by atomic mass is 16.3. The molecule has 0 aliphatic heterocycles. The van der Waals surface area contributed by atoms with Gasteiger partial charge in [0.15, 0.2) is 0 Å². The number of benzene rings is 2. The molecular formula is C17H16N4O4. The summed E-state index contributed by atoms with van der Waals surface area (Å²) in [5.41, 5.74) is 2.16. The van der Waals surface area contributed by atoms with Crippen molar-refractivity contribution in [2.75, 3.05) is 13.1 Å². The van der Waals surface area contributed by atoms with Crippen LogP contribution in [0.1, 0.15) is 20.7 Å². The Kier molecular flexibility index (Phi) is 4.51. The van der Waals surface area contributed by atoms with Gasteiger partial charge >= 0.3 is 0 Å². The molecule has 2 aromatic carbocycles. The second-order valence-corrected chi connectivity index (χ2v) is 5.38. The summed E-state index contributed by atoms with van der Waals surface area (Å²) < 4.78 is 0. The molecule has 0 aliphatic carbocycles. The summed E-state index contributed by atoms with van der Waals surface area (Å²) in [4.78, 5) is 31.0. The Hall–Kier alpha value is -3.55. The zero-order valence-electron chi connectivity index (χ0n) is 13.1. The lowest BCUT2D eigenvalue weighted by atomic mass is 10.2. The maximum Gasteiger partial charge on any atom is 0.251 e. The first-order valence-corrected chi connectivity index (χ1v) is 7.55. The van der Waals surface area contributed by atoms with Gasteiger partial charge in [-0.15, -0.1) is 0 Å². The van der Waals surface area contributed by atoms with Gasteiger partial charge in [0.2, 0.25) is 0 Å². The predicted molar refractivity (Wildman–Crippen MR) is 90.5 cm³/mol. The number of hydrogen-bond acceptors (Lipinski definition) is 5. The van der Waals surface area contributed by atoms with Crippen LogP contribution in [0.3, 0.4) is 0 Å². The number of nitrogens with one attached hydrogen (secondary N) is 3. The molecule has 5 N–H and O–H groups in total. The topological polar surface area (TPSA) is 127 Å². The molecule has 25 heavy (non-hydrogen) atoms. The molecule has 2 amide bonds. The number of aromatic amines is 1. The minimum Gasteiger partial charge on any atom is -0.508 e. The minimum atomic E-state index is -0.459. The van der Waals surface area contributed by atoms with E-state index in [-0.39, 0.29) is 36.1 Å². The van der Waals surface area contributed by atoms with E-state index in [1.807, 2.05) is 0 Å². The standard InChI is InChI=1S/C17H16N4O4/c22-12-5-11(6-13(23)8-12)17(25)19-4-3-18-16(24)10-1-2-14-15(7-10)21-9-20-14/h1-2,5-9,22-23H,3-4H2,(H,18,24)(H,19,25)(H,20,21). The smallest absolute Gasteiger partial charge is 0.251 e. The van der Waals surface area contributed by atoms with Crippen LogP contribution in [0.2, 0.25) is 0 Å². The molecule has 0 unspecified atom stereocenters. The maximum absolute atomic E-state index is 12.1. The Morgan fingerprint density at radius 3 is 2.24 bits per heavy atom. The summed E-state index contributed by atoms with van der Waals surface area (Å²) >= 11 is 0. The summed E-state index contributed by atoms with van der Waals surface area (Å²) in [5.74, 6) is -1.12. The fraction of sp³-hybridized carbons (Fsp3) is 0.118. The number of carbonyl (C=O) groups excluding carboxylic acids is 2. The Morgan fingerprint density at radius 1 is 0.920 bits per heavy atom. The van der Waals surface area contributed by atoms with Gasteiger partial charge in [-0.05, 0) is 30.3 Å². The van der Waals surface area contributed by atoms with Crippen molar-refractivity contribution in [3.05, 3.63) is 53.9 Å². The van der Waals surface area contributed by atoms with Crippen molar-refractivity contribution in [3.63, 3.8) is 0 Å². The number of carbonyl (C=O) groups is 2. The SMILES string of the molecule is O=C(NCCNC(=O)c1ccc2nc[nH]c2c1)c1cc(O)cc(O)c1. The Balaban J connectivity index is 1.50. The summed E-state index contributed by atoms with van der Waals surface area (Å²) in [6, 6.07) is 8.74. The maximum atomic E-state index is 12.1. The number of imidazole rings is 1. The van der Waals surface area contributed by atoms with Gasteiger partial charge in [0.05, 0.1) is 17.4 Å². The van der Waals surface area contributed by atoms with Gasteiger partial charge in [-0.2, -0.15) is 0 Å². The van der Waals surface area contributed by atoms with E-state index in [0.717, 1.165) is 17.1 Å². The Morgan fingerprint density at radius 2 is 1.56 bits per heavy atom. The number of rotatable bonds is 5. The van der Waals surface area contributed by atoms with Crippen LogP contribution in [0, 0.1) is 0 Å². The fourth-order valence-corrected chi connectivity index (χ4v) is 2.36. The van der Waals surface area contributed by atoms with Gasteiger partial charge in [-0.1, -0.05) is 0 Å². The molecule has 0 aliphatic rings. The van der Waals surface area contributed by atoms with Crippen LogP contribution >= 0.6 is 0 Å². The highest BCUT2D eigenvalue weighted by Gasteiger charge is 2.09. The van der Waals surface area contributed by atoms with E-state index in [1.165, 1.54) is 12.1 Å². The number of phenols is 2. The molecule has 1 heterocycles. The van der Waals surface area contributed by atoms with Gasteiger partial charge in [0, 0.05) is 30.3 Å². The molecule has 8 nitrogen and oxygen atoms in total. The van der Waals surface area contributed by atoms with Gasteiger partial charge < -0.3 is 25.8 Å². The first-order chi connectivity index (χ1) is 12.0. The van der Waals surface area contributed by atoms with E-state index in [4.69, 9.17) is 0 Å². The van der Waals surface area contributed by atoms with Crippen molar-refractivity contribution in [3.8, 4) is 11.5 Å². The van der Waals surface area contributed by atoms with E-state index >= 15 is 0 Å². The molecule has 3 aromatic rings. The van der Waals surface area contributed by atoms with E-state index in [1.54, 1.807) is 24.5 Å². The van der Waals surface area contributed by atoms with Crippen LogP contribution in [0.15, 0.2) is 42.7 Å². The van der Waals surface area contributed by atoms with E-state index in [9.17, 15) is 19.8 Å². The van der Waals surface area contributed by atoms with Crippen LogP contribution in [-0.4, -0.2) is 45.1 Å². The van der Waals surface area contributed by atoms with E-state index in [2.05, 4.69) is 20.6 Å². The van der Waals surface area contributed by atoms with E-state index < -0.39 is 5.91 Å². The summed E-state index contributed by atoms with van der Waals surface area (Å²) in [6.45, 7) is 0.434. The third-order valence-corrected chi connectivity index (χ3v) is 3.54. The van der Waals surface area contributed by atoms with Crippen LogP contribution in [0.4, 0.5) is 0 Å². The molecule has 0 saturated heterocycles. The molecule has 1 aromatic heterocycles. The number of nitrogens with zero attached hydrogens (tertiary/aromatic N) is 1. The average Bonchev–Trinajstić information content (AvgIpc) is 3.05. The van der Waals surface area contributed by atoms with Gasteiger partial charge in [0.1, 0.15) is 11.5 Å². The van der Waals surface area contributed by atoms with E-state index in [0.29, 0.717) is 5.56 Å². The van der Waals surface area contributed by atoms with Crippen molar-refractivity contribution in [1.82, 2.24) is 20.6 Å². The third-order valence-electron chi connectivity index (χ3n) is 3.54. The quantitative estimate of drug-likeness (QED) is 0.445. The van der Waals surface area contributed by atoms with Crippen molar-refractivity contribution >= 4 is 22.8 Å². The number of aromatic hydroxyl groups is 2. The van der Waals surface area contributed by atoms with Crippen LogP contribution < -0.4 is 10.6 Å². The number of aromatic nitrogens is 2. The van der Waals surface area contributed by atoms with Gasteiger partial charge in [-0.3, -0.25) is 9.59 Å². The molecule has 128 valence electrons. The molecule has 0 radical (unpaired) electrons. The molecule has 0 fully saturated rings. The Bertz CT molecular complexity index is 915. The molecule has 0 saturated carbocycles. The number of phenolic OH excluding ortho intramolecular Hbond substituents is 2. The monoisotopic (exact) mass is 340 g/mol. The molecule has 0 spiro atoms. The van der Waals surface area contributed by atoms with Gasteiger partial charge in [0.25, 0.3) is 11.8 Å². The number of fused-ring (bicyclic) bond motifs is 1. The van der Waals surface area contributed by atoms with Crippen LogP contribution in [-0.2, 0) is 0 Å². The first kappa shape index (κ1) is 16.3. The predicted octanol–water partition coefficient (Wildman–Crippen LogP) is 1.13. The molecule has 0 atom stereocenters. The zero-order valence-corrected chi connectivity index (χ0v) is 13.1. The van der Waals surface area contributed by atoms with Crippen LogP contribution in [0.25, 0.3) is 11.0 Å². The number of amides is 2. The molecule has 0 bridgehead atoms. The van der Waals surface area contributed by atoms with Crippen molar-refractivity contribution in [2.45, 2.75) is 0 Å². The average molecular weight is 340 g/mol. The molecule has 8 heteroatoms. The number of hydrogen-bond donors (Lipinski definition) is 5. The summed E-state index contributed by atoms with van der Waals surface area (Å²) in [5, 5.41) is 24.0. The third kappa shape index (κ3) is 3.86. The lowest BCUT2D eigenvalue weighted by Crippen LogP contribution is -2.34. The zero-order chi connectivity index (χ0) is 17.8. The highest BCUT2D eigenvalue weighted by molar-refractivity contribution is 5.97. The van der Waals surface area contributed by atoms with Crippen molar-refractivity contribution in [2.24, 2.45) is 0 Å². The normalized spacial score (nSPS) is 10.6. The highest BCUT2D eigenvalue weighted by Crippen LogP contribution is 2.20. The largest absolute Gasteiger partial charge is 0.508 e. The lowest BCUT2D eigenvalue weighted by Gasteiger charge is -2.08. The van der Waals surface area contributed by atoms with Gasteiger partial charge in [-0.25, -0.2) is 4.98 Å². The minimum absolute atomic E-state index is 0.133.